The fourth-order valence-corrected chi connectivity index (χ4v) is 4.95. The van der Waals surface area contributed by atoms with E-state index in [0.29, 0.717) is 22.9 Å². The van der Waals surface area contributed by atoms with E-state index in [0.717, 1.165) is 10.4 Å². The van der Waals surface area contributed by atoms with E-state index in [2.05, 4.69) is 10.0 Å². The van der Waals surface area contributed by atoms with Crippen molar-refractivity contribution in [2.24, 2.45) is 0 Å². The first-order valence-electron chi connectivity index (χ1n) is 6.37. The van der Waals surface area contributed by atoms with Crippen LogP contribution in [0.2, 0.25) is 0 Å². The molecule has 1 aromatic heterocycles. The molecule has 114 valence electrons. The first kappa shape index (κ1) is 15.8. The van der Waals surface area contributed by atoms with Crippen LogP contribution in [0.3, 0.4) is 0 Å². The number of methoxy groups -OCH3 is 1. The Labute approximate surface area is 129 Å². The van der Waals surface area contributed by atoms with E-state index in [1.54, 1.807) is 38.2 Å². The van der Waals surface area contributed by atoms with Gasteiger partial charge < -0.3 is 10.1 Å². The Hall–Kier alpha value is -1.57. The van der Waals surface area contributed by atoms with Gasteiger partial charge in [0.05, 0.1) is 12.8 Å². The summed E-state index contributed by atoms with van der Waals surface area (Å²) in [5.41, 5.74) is 1.17. The molecule has 0 aliphatic heterocycles. The summed E-state index contributed by atoms with van der Waals surface area (Å²) in [6.45, 7) is 2.31. The summed E-state index contributed by atoms with van der Waals surface area (Å²) in [7, 11) is -0.346. The van der Waals surface area contributed by atoms with Crippen molar-refractivity contribution in [3.63, 3.8) is 0 Å². The van der Waals surface area contributed by atoms with Crippen LogP contribution in [-0.2, 0) is 16.6 Å². The number of hydrogen-bond donors (Lipinski definition) is 2. The number of benzene rings is 1. The van der Waals surface area contributed by atoms with E-state index in [1.807, 2.05) is 5.38 Å². The van der Waals surface area contributed by atoms with Gasteiger partial charge in [-0.15, -0.1) is 11.3 Å². The van der Waals surface area contributed by atoms with Crippen LogP contribution in [0.4, 0.5) is 5.69 Å². The van der Waals surface area contributed by atoms with Crippen LogP contribution in [0.5, 0.6) is 5.75 Å². The van der Waals surface area contributed by atoms with Gasteiger partial charge in [-0.2, -0.15) is 0 Å². The molecular formula is C14H18N2O3S2. The average molecular weight is 326 g/mol. The highest BCUT2D eigenvalue weighted by atomic mass is 32.2. The molecule has 21 heavy (non-hydrogen) atoms. The Kier molecular flexibility index (Phi) is 4.87. The van der Waals surface area contributed by atoms with Crippen molar-refractivity contribution in [1.82, 2.24) is 5.32 Å². The quantitative estimate of drug-likeness (QED) is 0.856. The number of thiophene rings is 1. The minimum absolute atomic E-state index is 0.341. The lowest BCUT2D eigenvalue weighted by Crippen LogP contribution is -2.17. The molecule has 2 rings (SSSR count). The number of ether oxygens (including phenoxy) is 1. The minimum Gasteiger partial charge on any atom is -0.495 e. The van der Waals surface area contributed by atoms with Gasteiger partial charge in [-0.3, -0.25) is 4.72 Å². The second-order valence-electron chi connectivity index (χ2n) is 4.51. The minimum atomic E-state index is -3.65. The van der Waals surface area contributed by atoms with E-state index < -0.39 is 10.0 Å². The molecule has 0 atom stereocenters. The highest BCUT2D eigenvalue weighted by Gasteiger charge is 2.23. The summed E-state index contributed by atoms with van der Waals surface area (Å²) in [5.74, 6) is 0.490. The fraction of sp³-hybridized carbons (Fsp3) is 0.286. The largest absolute Gasteiger partial charge is 0.495 e. The second kappa shape index (κ2) is 6.46. The number of hydrogen-bond acceptors (Lipinski definition) is 5. The number of sulfonamides is 1. The van der Waals surface area contributed by atoms with Crippen molar-refractivity contribution in [2.75, 3.05) is 18.9 Å². The lowest BCUT2D eigenvalue weighted by atomic mass is 10.3. The summed E-state index contributed by atoms with van der Waals surface area (Å²) in [5, 5.41) is 4.84. The van der Waals surface area contributed by atoms with Crippen molar-refractivity contribution >= 4 is 27.0 Å². The van der Waals surface area contributed by atoms with E-state index in [4.69, 9.17) is 4.74 Å². The molecule has 0 unspecified atom stereocenters. The smallest absolute Gasteiger partial charge is 0.263 e. The molecule has 0 saturated carbocycles. The predicted octanol–water partition coefficient (Wildman–Crippen LogP) is 2.59. The highest BCUT2D eigenvalue weighted by molar-refractivity contribution is 7.93. The summed E-state index contributed by atoms with van der Waals surface area (Å²) in [6, 6.07) is 6.94. The van der Waals surface area contributed by atoms with E-state index in [9.17, 15) is 8.42 Å². The number of nitrogens with one attached hydrogen (secondary N) is 2. The first-order valence-corrected chi connectivity index (χ1v) is 8.73. The lowest BCUT2D eigenvalue weighted by molar-refractivity contribution is 0.417. The maximum Gasteiger partial charge on any atom is 0.263 e. The Bertz CT molecular complexity index is 724. The van der Waals surface area contributed by atoms with Gasteiger partial charge in [0.15, 0.2) is 0 Å². The van der Waals surface area contributed by atoms with Crippen LogP contribution in [-0.4, -0.2) is 22.6 Å². The van der Waals surface area contributed by atoms with Crippen LogP contribution < -0.4 is 14.8 Å². The highest BCUT2D eigenvalue weighted by Crippen LogP contribution is 2.31. The van der Waals surface area contributed by atoms with Gasteiger partial charge in [-0.25, -0.2) is 8.42 Å². The molecule has 0 fully saturated rings. The summed E-state index contributed by atoms with van der Waals surface area (Å²) >= 11 is 1.44. The lowest BCUT2D eigenvalue weighted by Gasteiger charge is -2.13. The molecule has 2 aromatic rings. The Morgan fingerprint density at radius 3 is 2.67 bits per heavy atom. The van der Waals surface area contributed by atoms with Crippen molar-refractivity contribution in [3.8, 4) is 5.75 Å². The summed E-state index contributed by atoms with van der Waals surface area (Å²) in [6.07, 6.45) is 0. The van der Waals surface area contributed by atoms with Crippen molar-refractivity contribution < 1.29 is 13.2 Å². The molecule has 1 aromatic carbocycles. The van der Waals surface area contributed by atoms with Crippen LogP contribution >= 0.6 is 11.3 Å². The van der Waals surface area contributed by atoms with Crippen LogP contribution in [0.15, 0.2) is 34.5 Å². The van der Waals surface area contributed by atoms with Gasteiger partial charge in [0.25, 0.3) is 10.0 Å². The number of para-hydroxylation sites is 2. The number of aryl methyl sites for hydroxylation is 1. The molecule has 2 N–H and O–H groups in total. The molecule has 0 aliphatic carbocycles. The third-order valence-electron chi connectivity index (χ3n) is 2.95. The zero-order valence-corrected chi connectivity index (χ0v) is 13.8. The van der Waals surface area contributed by atoms with Gasteiger partial charge >= 0.3 is 0 Å². The van der Waals surface area contributed by atoms with E-state index in [1.165, 1.54) is 18.4 Å². The SMILES string of the molecule is CNCc1scc(C)c1S(=O)(=O)Nc1ccccc1OC. The number of anilines is 1. The normalized spacial score (nSPS) is 11.4. The van der Waals surface area contributed by atoms with Gasteiger partial charge in [0, 0.05) is 11.4 Å². The molecule has 7 heteroatoms. The maximum atomic E-state index is 12.7. The summed E-state index contributed by atoms with van der Waals surface area (Å²) < 4.78 is 33.1. The fourth-order valence-electron chi connectivity index (χ4n) is 2.06. The van der Waals surface area contributed by atoms with Crippen molar-refractivity contribution in [3.05, 3.63) is 40.1 Å². The molecule has 1 heterocycles. The van der Waals surface area contributed by atoms with Crippen molar-refractivity contribution in [1.29, 1.82) is 0 Å². The van der Waals surface area contributed by atoms with Gasteiger partial charge in [-0.05, 0) is 37.0 Å². The molecule has 0 radical (unpaired) electrons. The molecule has 5 nitrogen and oxygen atoms in total. The van der Waals surface area contributed by atoms with Gasteiger partial charge in [-0.1, -0.05) is 12.1 Å². The van der Waals surface area contributed by atoms with Crippen molar-refractivity contribution in [2.45, 2.75) is 18.4 Å². The molecule has 0 amide bonds. The Morgan fingerprint density at radius 1 is 1.29 bits per heavy atom. The predicted molar refractivity (Wildman–Crippen MR) is 85.6 cm³/mol. The van der Waals surface area contributed by atoms with E-state index in [-0.39, 0.29) is 0 Å². The Morgan fingerprint density at radius 2 is 2.00 bits per heavy atom. The van der Waals surface area contributed by atoms with Gasteiger partial charge in [0.1, 0.15) is 10.6 Å². The monoisotopic (exact) mass is 326 g/mol. The van der Waals surface area contributed by atoms with Crippen LogP contribution in [0.25, 0.3) is 0 Å². The standard InChI is InChI=1S/C14H18N2O3S2/c1-10-9-20-13(8-15-2)14(10)21(17,18)16-11-6-4-5-7-12(11)19-3/h4-7,9,15-16H,8H2,1-3H3. The van der Waals surface area contributed by atoms with Crippen LogP contribution in [0.1, 0.15) is 10.4 Å². The topological polar surface area (TPSA) is 67.4 Å². The maximum absolute atomic E-state index is 12.7. The molecule has 0 saturated heterocycles. The third-order valence-corrected chi connectivity index (χ3v) is 5.77. The van der Waals surface area contributed by atoms with E-state index >= 15 is 0 Å². The first-order chi connectivity index (χ1) is 9.99. The summed E-state index contributed by atoms with van der Waals surface area (Å²) in [4.78, 5) is 1.13. The zero-order valence-electron chi connectivity index (χ0n) is 12.1. The molecule has 0 aliphatic rings. The zero-order chi connectivity index (χ0) is 15.5. The molecule has 0 bridgehead atoms. The number of rotatable bonds is 6. The Balaban J connectivity index is 2.41. The molecular weight excluding hydrogens is 308 g/mol. The average Bonchev–Trinajstić information content (AvgIpc) is 2.81. The van der Waals surface area contributed by atoms with Crippen LogP contribution in [0, 0.1) is 6.92 Å². The molecule has 0 spiro atoms. The third kappa shape index (κ3) is 3.37. The second-order valence-corrected chi connectivity index (χ2v) is 7.09. The van der Waals surface area contributed by atoms with Gasteiger partial charge in [0.2, 0.25) is 0 Å².